The molecule has 0 saturated carbocycles. The van der Waals surface area contributed by atoms with Crippen LogP contribution in [-0.4, -0.2) is 0 Å². The summed E-state index contributed by atoms with van der Waals surface area (Å²) >= 11 is 0. The maximum atomic E-state index is 6.77. The molecule has 0 aliphatic heterocycles. The van der Waals surface area contributed by atoms with Crippen LogP contribution < -0.4 is 4.90 Å². The fourth-order valence-corrected chi connectivity index (χ4v) is 10.8. The number of nitrogens with zero attached hydrogens (tertiary/aromatic N) is 1. The largest absolute Gasteiger partial charge is 0.456 e. The number of hydrogen-bond acceptors (Lipinski definition) is 2. The van der Waals surface area contributed by atoms with Gasteiger partial charge in [0.2, 0.25) is 0 Å². The first-order valence-electron chi connectivity index (χ1n) is 22.1. The third kappa shape index (κ3) is 5.72. The highest BCUT2D eigenvalue weighted by molar-refractivity contribution is 6.26. The van der Waals surface area contributed by atoms with E-state index in [9.17, 15) is 0 Å². The molecule has 0 saturated heterocycles. The second-order valence-corrected chi connectivity index (χ2v) is 17.1. The monoisotopic (exact) mass is 803 g/mol. The molecule has 1 heterocycles. The molecule has 296 valence electrons. The van der Waals surface area contributed by atoms with Gasteiger partial charge in [0, 0.05) is 39.3 Å². The summed E-state index contributed by atoms with van der Waals surface area (Å²) in [6.07, 6.45) is 1.90. The second-order valence-electron chi connectivity index (χ2n) is 17.1. The topological polar surface area (TPSA) is 16.4 Å². The van der Waals surface area contributed by atoms with E-state index in [0.29, 0.717) is 0 Å². The molecule has 1 atom stereocenters. The third-order valence-electron chi connectivity index (χ3n) is 13.6. The van der Waals surface area contributed by atoms with Gasteiger partial charge in [0.1, 0.15) is 11.2 Å². The number of rotatable bonds is 5. The van der Waals surface area contributed by atoms with Gasteiger partial charge >= 0.3 is 0 Å². The molecule has 0 spiro atoms. The van der Waals surface area contributed by atoms with Crippen molar-refractivity contribution in [1.29, 1.82) is 0 Å². The van der Waals surface area contributed by atoms with Crippen LogP contribution in [0.1, 0.15) is 29.0 Å². The zero-order valence-corrected chi connectivity index (χ0v) is 34.6. The van der Waals surface area contributed by atoms with Crippen molar-refractivity contribution in [2.75, 3.05) is 4.90 Å². The normalized spacial score (nSPS) is 13.7. The lowest BCUT2D eigenvalue weighted by Gasteiger charge is -2.28. The number of para-hydroxylation sites is 2. The number of aryl methyl sites for hydroxylation is 1. The van der Waals surface area contributed by atoms with E-state index in [1.807, 2.05) is 0 Å². The van der Waals surface area contributed by atoms with E-state index in [0.717, 1.165) is 46.5 Å². The Hall–Kier alpha value is -7.94. The predicted octanol–water partition coefficient (Wildman–Crippen LogP) is 17.1. The maximum absolute atomic E-state index is 6.77. The van der Waals surface area contributed by atoms with Gasteiger partial charge in [-0.15, -0.1) is 0 Å². The van der Waals surface area contributed by atoms with E-state index in [2.05, 4.69) is 223 Å². The molecule has 0 N–H and O–H groups in total. The Kier molecular flexibility index (Phi) is 8.14. The molecule has 1 unspecified atom stereocenters. The summed E-state index contributed by atoms with van der Waals surface area (Å²) in [5.74, 6) is 0.209. The molecular weight excluding hydrogens is 763 g/mol. The van der Waals surface area contributed by atoms with E-state index in [1.165, 1.54) is 87.4 Å². The summed E-state index contributed by atoms with van der Waals surface area (Å²) in [6, 6.07) is 80.6. The number of fused-ring (bicyclic) bond motifs is 13. The zero-order chi connectivity index (χ0) is 41.4. The minimum atomic E-state index is 0.209. The molecule has 63 heavy (non-hydrogen) atoms. The fraction of sp³-hybridized carbons (Fsp3) is 0.0492. The van der Waals surface area contributed by atoms with Crippen LogP contribution in [0.3, 0.4) is 0 Å². The van der Waals surface area contributed by atoms with Crippen molar-refractivity contribution >= 4 is 82.1 Å². The fourth-order valence-electron chi connectivity index (χ4n) is 10.8. The first kappa shape index (κ1) is 35.8. The molecular formula is C61H41NO. The van der Waals surface area contributed by atoms with Crippen LogP contribution >= 0.6 is 0 Å². The summed E-state index contributed by atoms with van der Waals surface area (Å²) in [5.41, 5.74) is 14.2. The van der Waals surface area contributed by atoms with Crippen molar-refractivity contribution in [2.24, 2.45) is 0 Å². The van der Waals surface area contributed by atoms with Crippen LogP contribution in [-0.2, 0) is 6.42 Å². The molecule has 1 aromatic heterocycles. The van der Waals surface area contributed by atoms with Crippen LogP contribution in [0.5, 0.6) is 0 Å². The van der Waals surface area contributed by atoms with E-state index >= 15 is 0 Å². The summed E-state index contributed by atoms with van der Waals surface area (Å²) in [4.78, 5) is 2.45. The Balaban J connectivity index is 1.12. The van der Waals surface area contributed by atoms with Crippen molar-refractivity contribution in [3.05, 3.63) is 235 Å². The molecule has 0 amide bonds. The quantitative estimate of drug-likeness (QED) is 0.161. The molecule has 2 nitrogen and oxygen atoms in total. The number of hydrogen-bond donors (Lipinski definition) is 0. The molecule has 0 fully saturated rings. The van der Waals surface area contributed by atoms with Gasteiger partial charge in [-0.1, -0.05) is 164 Å². The summed E-state index contributed by atoms with van der Waals surface area (Å²) in [5, 5.41) is 12.4. The lowest BCUT2D eigenvalue weighted by Crippen LogP contribution is -2.11. The van der Waals surface area contributed by atoms with Crippen LogP contribution in [0.2, 0.25) is 0 Å². The smallest absolute Gasteiger partial charge is 0.136 e. The molecule has 1 aliphatic rings. The van der Waals surface area contributed by atoms with Gasteiger partial charge in [-0.2, -0.15) is 0 Å². The van der Waals surface area contributed by atoms with E-state index in [1.54, 1.807) is 0 Å². The van der Waals surface area contributed by atoms with E-state index in [-0.39, 0.29) is 5.92 Å². The number of anilines is 3. The Labute approximate surface area is 365 Å². The molecule has 1 aliphatic carbocycles. The number of benzene rings is 11. The van der Waals surface area contributed by atoms with Crippen LogP contribution in [0, 0.1) is 0 Å². The van der Waals surface area contributed by atoms with Gasteiger partial charge < -0.3 is 9.32 Å². The van der Waals surface area contributed by atoms with Gasteiger partial charge in [-0.05, 0) is 144 Å². The van der Waals surface area contributed by atoms with Crippen molar-refractivity contribution in [3.8, 4) is 22.3 Å². The second kappa shape index (κ2) is 14.3. The Morgan fingerprint density at radius 2 is 1.00 bits per heavy atom. The minimum Gasteiger partial charge on any atom is -0.456 e. The Bertz CT molecular complexity index is 3720. The third-order valence-corrected chi connectivity index (χ3v) is 13.6. The van der Waals surface area contributed by atoms with E-state index < -0.39 is 0 Å². The molecule has 12 aromatic rings. The maximum Gasteiger partial charge on any atom is 0.136 e. The lowest BCUT2D eigenvalue weighted by atomic mass is 9.83. The first-order valence-corrected chi connectivity index (χ1v) is 22.1. The van der Waals surface area contributed by atoms with Crippen molar-refractivity contribution < 1.29 is 4.42 Å². The van der Waals surface area contributed by atoms with Crippen molar-refractivity contribution in [3.63, 3.8) is 0 Å². The summed E-state index contributed by atoms with van der Waals surface area (Å²) < 4.78 is 6.77. The molecule has 0 bridgehead atoms. The van der Waals surface area contributed by atoms with Crippen LogP contribution in [0.25, 0.3) is 87.3 Å². The summed E-state index contributed by atoms with van der Waals surface area (Å²) in [7, 11) is 0. The standard InChI is InChI=1S/C61H41NO/c1-3-16-40(17-4-1)47-32-29-43-36-58-61(54-25-13-14-26-57(54)63-58)60(42-28-27-39-15-7-8-18-41(39)35-42)59(43)56-38-46(30-33-52(47)56)62(44-19-5-2-6-20-44)45-31-34-53-50-23-10-9-21-48(50)49-22-11-12-24-51(49)55(53)37-45/h1-28,30-31,33-38,47H,29,32H2. The summed E-state index contributed by atoms with van der Waals surface area (Å²) in [6.45, 7) is 0. The van der Waals surface area contributed by atoms with Gasteiger partial charge in [0.25, 0.3) is 0 Å². The molecule has 11 aromatic carbocycles. The average Bonchev–Trinajstić information content (AvgIpc) is 3.64. The highest BCUT2D eigenvalue weighted by atomic mass is 16.3. The SMILES string of the molecule is c1ccc(C2CCc3cc4oc5ccccc5c4c(-c4ccc5ccccc5c4)c3-c3cc(N(c4ccccc4)c4ccc5c6ccccc6c6ccccc6c5c4)ccc32)cc1. The van der Waals surface area contributed by atoms with Crippen molar-refractivity contribution in [2.45, 2.75) is 18.8 Å². The van der Waals surface area contributed by atoms with Gasteiger partial charge in [0.15, 0.2) is 0 Å². The lowest BCUT2D eigenvalue weighted by molar-refractivity contribution is 0.667. The highest BCUT2D eigenvalue weighted by Gasteiger charge is 2.30. The Morgan fingerprint density at radius 3 is 1.76 bits per heavy atom. The number of furan rings is 1. The van der Waals surface area contributed by atoms with Crippen LogP contribution in [0.15, 0.2) is 223 Å². The highest BCUT2D eigenvalue weighted by Crippen LogP contribution is 2.52. The van der Waals surface area contributed by atoms with Gasteiger partial charge in [-0.25, -0.2) is 0 Å². The average molecular weight is 804 g/mol. The predicted molar refractivity (Wildman–Crippen MR) is 266 cm³/mol. The zero-order valence-electron chi connectivity index (χ0n) is 34.6. The Morgan fingerprint density at radius 1 is 0.397 bits per heavy atom. The molecule has 13 rings (SSSR count). The van der Waals surface area contributed by atoms with Crippen molar-refractivity contribution in [1.82, 2.24) is 0 Å². The van der Waals surface area contributed by atoms with Gasteiger partial charge in [0.05, 0.1) is 0 Å². The minimum absolute atomic E-state index is 0.209. The van der Waals surface area contributed by atoms with Crippen LogP contribution in [0.4, 0.5) is 17.1 Å². The van der Waals surface area contributed by atoms with Gasteiger partial charge in [-0.3, -0.25) is 0 Å². The first-order chi connectivity index (χ1) is 31.2. The molecule has 0 radical (unpaired) electrons. The molecule has 2 heteroatoms. The van der Waals surface area contributed by atoms with E-state index in [4.69, 9.17) is 4.42 Å².